The third kappa shape index (κ3) is 6.13. The number of hydrogen-bond acceptors (Lipinski definition) is 4. The number of amides is 2. The number of nitrogens with one attached hydrogen (secondary N) is 3. The summed E-state index contributed by atoms with van der Waals surface area (Å²) in [5, 5.41) is 4.75. The van der Waals surface area contributed by atoms with Gasteiger partial charge in [0.05, 0.1) is 34.4 Å². The molecule has 4 aromatic rings. The molecular weight excluding hydrogens is 530 g/mol. The molecule has 0 saturated heterocycles. The van der Waals surface area contributed by atoms with Crippen LogP contribution in [0.2, 0.25) is 0 Å². The standard InChI is InChI=1S/C26H20F6N4O3/c1-2-39-24-35-20-12-15(34-23(38)16-8-4-6-10-19(16)26(30,31)32)11-17(21(20)36-24)22(37)33-13-14-7-3-5-9-18(14)25(27,28)29/h3-12H,2,13H2,1H3,(H,33,37)(H,34,38)(H,35,36). The molecule has 1 heterocycles. The summed E-state index contributed by atoms with van der Waals surface area (Å²) < 4.78 is 85.5. The van der Waals surface area contributed by atoms with Crippen LogP contribution in [0.3, 0.4) is 0 Å². The quantitative estimate of drug-likeness (QED) is 0.240. The average molecular weight is 550 g/mol. The molecule has 7 nitrogen and oxygen atoms in total. The van der Waals surface area contributed by atoms with E-state index in [-0.39, 0.29) is 40.5 Å². The highest BCUT2D eigenvalue weighted by molar-refractivity contribution is 6.10. The molecule has 39 heavy (non-hydrogen) atoms. The van der Waals surface area contributed by atoms with Gasteiger partial charge in [-0.1, -0.05) is 30.3 Å². The molecule has 0 bridgehead atoms. The van der Waals surface area contributed by atoms with Crippen LogP contribution in [-0.2, 0) is 18.9 Å². The highest BCUT2D eigenvalue weighted by Crippen LogP contribution is 2.33. The topological polar surface area (TPSA) is 96.1 Å². The van der Waals surface area contributed by atoms with E-state index in [2.05, 4.69) is 20.6 Å². The number of carbonyl (C=O) groups is 2. The molecule has 0 aliphatic heterocycles. The second kappa shape index (κ2) is 10.7. The Labute approximate surface area is 217 Å². The van der Waals surface area contributed by atoms with Crippen LogP contribution in [0.15, 0.2) is 60.7 Å². The third-order valence-electron chi connectivity index (χ3n) is 5.59. The minimum Gasteiger partial charge on any atom is -0.465 e. The lowest BCUT2D eigenvalue weighted by Gasteiger charge is -2.14. The van der Waals surface area contributed by atoms with Crippen molar-refractivity contribution in [1.82, 2.24) is 15.3 Å². The maximum Gasteiger partial charge on any atom is 0.417 e. The number of halogens is 6. The molecule has 0 radical (unpaired) electrons. The largest absolute Gasteiger partial charge is 0.465 e. The van der Waals surface area contributed by atoms with E-state index in [1.807, 2.05) is 0 Å². The molecule has 0 spiro atoms. The predicted molar refractivity (Wildman–Crippen MR) is 129 cm³/mol. The SMILES string of the molecule is CCOc1nc2c(C(=O)NCc3ccccc3C(F)(F)F)cc(NC(=O)c3ccccc3C(F)(F)F)cc2[nH]1. The number of aromatic nitrogens is 2. The van der Waals surface area contributed by atoms with Crippen LogP contribution in [0.25, 0.3) is 11.0 Å². The Kier molecular flexibility index (Phi) is 7.52. The number of aromatic amines is 1. The van der Waals surface area contributed by atoms with Crippen molar-refractivity contribution in [1.29, 1.82) is 0 Å². The maximum absolute atomic E-state index is 13.4. The smallest absolute Gasteiger partial charge is 0.417 e. The molecule has 0 saturated carbocycles. The van der Waals surface area contributed by atoms with Crippen molar-refractivity contribution in [2.45, 2.75) is 25.8 Å². The van der Waals surface area contributed by atoms with Crippen LogP contribution < -0.4 is 15.4 Å². The lowest BCUT2D eigenvalue weighted by molar-refractivity contribution is -0.138. The second-order valence-corrected chi connectivity index (χ2v) is 8.23. The minimum absolute atomic E-state index is 0.0230. The lowest BCUT2D eigenvalue weighted by atomic mass is 10.1. The van der Waals surface area contributed by atoms with Gasteiger partial charge in [0.25, 0.3) is 17.8 Å². The molecule has 13 heteroatoms. The van der Waals surface area contributed by atoms with Gasteiger partial charge in [0.15, 0.2) is 0 Å². The van der Waals surface area contributed by atoms with Crippen LogP contribution in [0.1, 0.15) is 44.3 Å². The molecule has 0 atom stereocenters. The molecule has 0 unspecified atom stereocenters. The van der Waals surface area contributed by atoms with Gasteiger partial charge < -0.3 is 20.4 Å². The second-order valence-electron chi connectivity index (χ2n) is 8.23. The fourth-order valence-electron chi connectivity index (χ4n) is 3.89. The Morgan fingerprint density at radius 3 is 2.18 bits per heavy atom. The molecular formula is C26H20F6N4O3. The van der Waals surface area contributed by atoms with Crippen molar-refractivity contribution >= 4 is 28.5 Å². The summed E-state index contributed by atoms with van der Waals surface area (Å²) in [5.74, 6) is -1.92. The Balaban J connectivity index is 1.68. The highest BCUT2D eigenvalue weighted by atomic mass is 19.4. The summed E-state index contributed by atoms with van der Waals surface area (Å²) in [6.45, 7) is 1.42. The normalized spacial score (nSPS) is 11.9. The molecule has 0 fully saturated rings. The number of rotatable bonds is 7. The van der Waals surface area contributed by atoms with Crippen molar-refractivity contribution in [2.75, 3.05) is 11.9 Å². The van der Waals surface area contributed by atoms with Crippen LogP contribution in [-0.4, -0.2) is 28.4 Å². The summed E-state index contributed by atoms with van der Waals surface area (Å²) in [5.41, 5.74) is -2.83. The van der Waals surface area contributed by atoms with E-state index in [1.165, 1.54) is 30.3 Å². The van der Waals surface area contributed by atoms with E-state index in [9.17, 15) is 35.9 Å². The number of nitrogens with zero attached hydrogens (tertiary/aromatic N) is 1. The number of imidazole rings is 1. The van der Waals surface area contributed by atoms with Gasteiger partial charge in [0.2, 0.25) is 0 Å². The predicted octanol–water partition coefficient (Wildman–Crippen LogP) is 6.18. The first-order chi connectivity index (χ1) is 18.4. The Bertz CT molecular complexity index is 1530. The van der Waals surface area contributed by atoms with E-state index in [1.54, 1.807) is 6.92 Å². The average Bonchev–Trinajstić information content (AvgIpc) is 3.28. The fraction of sp³-hybridized carbons (Fsp3) is 0.192. The monoisotopic (exact) mass is 550 g/mol. The van der Waals surface area contributed by atoms with Crippen LogP contribution in [0.5, 0.6) is 6.01 Å². The van der Waals surface area contributed by atoms with Crippen molar-refractivity contribution in [3.8, 4) is 6.01 Å². The minimum atomic E-state index is -4.79. The molecule has 1 aromatic heterocycles. The van der Waals surface area contributed by atoms with Crippen molar-refractivity contribution in [3.63, 3.8) is 0 Å². The van der Waals surface area contributed by atoms with Gasteiger partial charge in [-0.2, -0.15) is 31.3 Å². The molecule has 4 rings (SSSR count). The van der Waals surface area contributed by atoms with Crippen LogP contribution in [0.4, 0.5) is 32.0 Å². The van der Waals surface area contributed by atoms with Gasteiger partial charge >= 0.3 is 12.4 Å². The zero-order chi connectivity index (χ0) is 28.4. The van der Waals surface area contributed by atoms with E-state index >= 15 is 0 Å². The van der Waals surface area contributed by atoms with Gasteiger partial charge in [0, 0.05) is 12.2 Å². The number of ether oxygens (including phenoxy) is 1. The summed E-state index contributed by atoms with van der Waals surface area (Å²) in [6, 6.07) is 11.4. The summed E-state index contributed by atoms with van der Waals surface area (Å²) >= 11 is 0. The van der Waals surface area contributed by atoms with Gasteiger partial charge in [0.1, 0.15) is 5.52 Å². The van der Waals surface area contributed by atoms with Crippen molar-refractivity contribution in [2.24, 2.45) is 0 Å². The van der Waals surface area contributed by atoms with E-state index in [0.29, 0.717) is 0 Å². The first-order valence-electron chi connectivity index (χ1n) is 11.5. The first-order valence-corrected chi connectivity index (χ1v) is 11.5. The van der Waals surface area contributed by atoms with E-state index in [0.717, 1.165) is 30.3 Å². The Morgan fingerprint density at radius 1 is 0.872 bits per heavy atom. The van der Waals surface area contributed by atoms with Crippen molar-refractivity contribution in [3.05, 3.63) is 88.5 Å². The van der Waals surface area contributed by atoms with E-state index < -0.39 is 47.4 Å². The van der Waals surface area contributed by atoms with Gasteiger partial charge in [-0.15, -0.1) is 0 Å². The van der Waals surface area contributed by atoms with Crippen molar-refractivity contribution < 1.29 is 40.7 Å². The molecule has 2 amide bonds. The zero-order valence-electron chi connectivity index (χ0n) is 20.1. The zero-order valence-corrected chi connectivity index (χ0v) is 20.1. The van der Waals surface area contributed by atoms with Gasteiger partial charge in [-0.05, 0) is 42.8 Å². The number of alkyl halides is 6. The van der Waals surface area contributed by atoms with Crippen LogP contribution >= 0.6 is 0 Å². The first kappa shape index (κ1) is 27.5. The lowest BCUT2D eigenvalue weighted by Crippen LogP contribution is -2.25. The summed E-state index contributed by atoms with van der Waals surface area (Å²) in [7, 11) is 0. The molecule has 3 aromatic carbocycles. The maximum atomic E-state index is 13.4. The molecule has 3 N–H and O–H groups in total. The fourth-order valence-corrected chi connectivity index (χ4v) is 3.89. The number of carbonyl (C=O) groups excluding carboxylic acids is 2. The molecule has 204 valence electrons. The van der Waals surface area contributed by atoms with Crippen LogP contribution in [0, 0.1) is 0 Å². The van der Waals surface area contributed by atoms with E-state index in [4.69, 9.17) is 4.74 Å². The summed E-state index contributed by atoms with van der Waals surface area (Å²) in [6.07, 6.45) is -9.43. The molecule has 0 aliphatic carbocycles. The number of benzene rings is 3. The highest BCUT2D eigenvalue weighted by Gasteiger charge is 2.35. The Morgan fingerprint density at radius 2 is 1.51 bits per heavy atom. The number of hydrogen-bond donors (Lipinski definition) is 3. The summed E-state index contributed by atoms with van der Waals surface area (Å²) in [4.78, 5) is 32.9. The number of H-pyrrole nitrogens is 1. The third-order valence-corrected chi connectivity index (χ3v) is 5.59. The van der Waals surface area contributed by atoms with Gasteiger partial charge in [-0.25, -0.2) is 0 Å². The van der Waals surface area contributed by atoms with Gasteiger partial charge in [-0.3, -0.25) is 9.59 Å². The molecule has 0 aliphatic rings. The number of anilines is 1. The number of fused-ring (bicyclic) bond motifs is 1. The Hall–Kier alpha value is -4.55.